The van der Waals surface area contributed by atoms with Crippen molar-refractivity contribution >= 4 is 68.6 Å². The van der Waals surface area contributed by atoms with E-state index < -0.39 is 24.7 Å². The van der Waals surface area contributed by atoms with Crippen molar-refractivity contribution in [2.24, 2.45) is 0 Å². The summed E-state index contributed by atoms with van der Waals surface area (Å²) in [6, 6.07) is 8.52. The molecule has 0 atom stereocenters. The lowest BCUT2D eigenvalue weighted by Crippen LogP contribution is -2.30. The summed E-state index contributed by atoms with van der Waals surface area (Å²) in [5.41, 5.74) is 1.82. The molecular weight excluding hydrogens is 591 g/mol. The zero-order chi connectivity index (χ0) is 27.1. The van der Waals surface area contributed by atoms with Crippen LogP contribution in [-0.4, -0.2) is 53.4 Å². The number of rotatable bonds is 9. The standard InChI is InChI=1S/C23H23BrCl2N6O5/c1-13-6-7-16(15(25)9-13)29-22(34)19-18(24)20(26)32(30-19)12-37-23(35)31(3)21-14(5-4-8-28-21)11-36-17(33)10-27-2/h4-9,27H,10-12H2,1-3H3,(H,29,34). The molecular formula is C23H23BrCl2N6O5. The Labute approximate surface area is 231 Å². The van der Waals surface area contributed by atoms with Gasteiger partial charge in [0.05, 0.1) is 21.7 Å². The van der Waals surface area contributed by atoms with E-state index in [1.54, 1.807) is 37.4 Å². The number of benzene rings is 1. The molecule has 0 aliphatic rings. The Morgan fingerprint density at radius 3 is 2.65 bits per heavy atom. The molecule has 0 saturated heterocycles. The van der Waals surface area contributed by atoms with Gasteiger partial charge >= 0.3 is 12.1 Å². The molecule has 11 nitrogen and oxygen atoms in total. The number of nitrogens with one attached hydrogen (secondary N) is 2. The fourth-order valence-corrected chi connectivity index (χ4v) is 3.97. The highest BCUT2D eigenvalue weighted by atomic mass is 79.9. The highest BCUT2D eigenvalue weighted by Crippen LogP contribution is 2.29. The number of nitrogens with zero attached hydrogens (tertiary/aromatic N) is 4. The Morgan fingerprint density at radius 1 is 1.19 bits per heavy atom. The molecule has 14 heteroatoms. The van der Waals surface area contributed by atoms with E-state index in [-0.39, 0.29) is 34.3 Å². The van der Waals surface area contributed by atoms with Crippen molar-refractivity contribution < 1.29 is 23.9 Å². The van der Waals surface area contributed by atoms with Crippen LogP contribution in [0.3, 0.4) is 0 Å². The summed E-state index contributed by atoms with van der Waals surface area (Å²) in [5, 5.41) is 9.94. The summed E-state index contributed by atoms with van der Waals surface area (Å²) in [4.78, 5) is 42.5. The van der Waals surface area contributed by atoms with Crippen LogP contribution in [0.2, 0.25) is 10.2 Å². The number of amides is 2. The van der Waals surface area contributed by atoms with Crippen LogP contribution in [-0.2, 0) is 27.6 Å². The van der Waals surface area contributed by atoms with Crippen LogP contribution in [0, 0.1) is 6.92 Å². The van der Waals surface area contributed by atoms with Gasteiger partial charge in [-0.1, -0.05) is 35.3 Å². The summed E-state index contributed by atoms with van der Waals surface area (Å²) in [6.45, 7) is 1.45. The van der Waals surface area contributed by atoms with Crippen LogP contribution in [0.5, 0.6) is 0 Å². The van der Waals surface area contributed by atoms with E-state index in [1.807, 2.05) is 6.92 Å². The van der Waals surface area contributed by atoms with Gasteiger partial charge in [0.15, 0.2) is 12.4 Å². The van der Waals surface area contributed by atoms with Crippen LogP contribution in [0.1, 0.15) is 21.6 Å². The summed E-state index contributed by atoms with van der Waals surface area (Å²) in [7, 11) is 3.08. The van der Waals surface area contributed by atoms with Gasteiger partial charge in [-0.3, -0.25) is 14.5 Å². The number of likely N-dealkylation sites (N-methyl/N-ethyl adjacent to an activating group) is 1. The second-order valence-corrected chi connectivity index (χ2v) is 9.22. The van der Waals surface area contributed by atoms with Gasteiger partial charge < -0.3 is 20.1 Å². The number of esters is 1. The molecule has 1 aromatic carbocycles. The maximum absolute atomic E-state index is 12.8. The number of carbonyl (C=O) groups excluding carboxylic acids is 3. The van der Waals surface area contributed by atoms with E-state index in [9.17, 15) is 14.4 Å². The van der Waals surface area contributed by atoms with Crippen LogP contribution in [0.15, 0.2) is 41.0 Å². The Balaban J connectivity index is 1.67. The van der Waals surface area contributed by atoms with E-state index in [0.29, 0.717) is 16.3 Å². The largest absolute Gasteiger partial charge is 0.460 e. The van der Waals surface area contributed by atoms with Gasteiger partial charge in [-0.15, -0.1) is 0 Å². The van der Waals surface area contributed by atoms with Crippen molar-refractivity contribution in [1.29, 1.82) is 0 Å². The lowest BCUT2D eigenvalue weighted by molar-refractivity contribution is -0.143. The van der Waals surface area contributed by atoms with Gasteiger partial charge in [0.2, 0.25) is 0 Å². The molecule has 0 aliphatic heterocycles. The zero-order valence-corrected chi connectivity index (χ0v) is 23.1. The molecule has 0 radical (unpaired) electrons. The monoisotopic (exact) mass is 612 g/mol. The minimum atomic E-state index is -0.776. The lowest BCUT2D eigenvalue weighted by Gasteiger charge is -2.19. The Bertz CT molecular complexity index is 1320. The van der Waals surface area contributed by atoms with Crippen LogP contribution in [0.25, 0.3) is 0 Å². The smallest absolute Gasteiger partial charge is 0.417 e. The van der Waals surface area contributed by atoms with Crippen molar-refractivity contribution in [3.05, 3.63) is 68.0 Å². The van der Waals surface area contributed by atoms with Crippen molar-refractivity contribution in [2.75, 3.05) is 30.9 Å². The molecule has 0 fully saturated rings. The maximum atomic E-state index is 12.8. The van der Waals surface area contributed by atoms with Gasteiger partial charge in [-0.2, -0.15) is 5.10 Å². The Morgan fingerprint density at radius 2 is 1.95 bits per heavy atom. The number of hydrogen-bond acceptors (Lipinski definition) is 8. The highest BCUT2D eigenvalue weighted by Gasteiger charge is 2.23. The average molecular weight is 614 g/mol. The van der Waals surface area contributed by atoms with Gasteiger partial charge in [0, 0.05) is 18.8 Å². The highest BCUT2D eigenvalue weighted by molar-refractivity contribution is 9.10. The molecule has 2 amide bonds. The van der Waals surface area contributed by atoms with E-state index >= 15 is 0 Å². The van der Waals surface area contributed by atoms with Gasteiger partial charge in [0.25, 0.3) is 5.91 Å². The van der Waals surface area contributed by atoms with Gasteiger partial charge in [-0.05, 0) is 53.7 Å². The summed E-state index contributed by atoms with van der Waals surface area (Å²) in [6.07, 6.45) is 0.715. The van der Waals surface area contributed by atoms with Gasteiger partial charge in [-0.25, -0.2) is 14.5 Å². The molecule has 0 bridgehead atoms. The SMILES string of the molecule is CNCC(=O)OCc1cccnc1N(C)C(=O)OCn1nc(C(=O)Nc2ccc(C)cc2Cl)c(Br)c1Cl. The molecule has 0 spiro atoms. The quantitative estimate of drug-likeness (QED) is 0.340. The molecule has 2 aromatic heterocycles. The van der Waals surface area contributed by atoms with E-state index in [4.69, 9.17) is 32.7 Å². The van der Waals surface area contributed by atoms with E-state index in [2.05, 4.69) is 36.6 Å². The average Bonchev–Trinajstić information content (AvgIpc) is 3.16. The fraction of sp³-hybridized carbons (Fsp3) is 0.261. The van der Waals surface area contributed by atoms with E-state index in [0.717, 1.165) is 15.1 Å². The maximum Gasteiger partial charge on any atom is 0.417 e. The molecule has 3 rings (SSSR count). The predicted octanol–water partition coefficient (Wildman–Crippen LogP) is 4.40. The molecule has 0 aliphatic carbocycles. The number of halogens is 3. The zero-order valence-electron chi connectivity index (χ0n) is 20.0. The fourth-order valence-electron chi connectivity index (χ4n) is 3.05. The van der Waals surface area contributed by atoms with Crippen molar-refractivity contribution in [3.8, 4) is 0 Å². The number of hydrogen-bond donors (Lipinski definition) is 2. The number of ether oxygens (including phenoxy) is 2. The molecule has 196 valence electrons. The van der Waals surface area contributed by atoms with Crippen LogP contribution in [0.4, 0.5) is 16.3 Å². The number of aromatic nitrogens is 3. The summed E-state index contributed by atoms with van der Waals surface area (Å²) < 4.78 is 11.8. The first-order valence-corrected chi connectivity index (χ1v) is 12.3. The molecule has 0 unspecified atom stereocenters. The number of aryl methyl sites for hydroxylation is 1. The first-order valence-electron chi connectivity index (χ1n) is 10.8. The van der Waals surface area contributed by atoms with Crippen molar-refractivity contribution in [1.82, 2.24) is 20.1 Å². The molecule has 0 saturated carbocycles. The first-order chi connectivity index (χ1) is 17.6. The predicted molar refractivity (Wildman–Crippen MR) is 142 cm³/mol. The minimum absolute atomic E-state index is 0.0264. The lowest BCUT2D eigenvalue weighted by atomic mass is 10.2. The molecule has 37 heavy (non-hydrogen) atoms. The third kappa shape index (κ3) is 7.19. The van der Waals surface area contributed by atoms with Gasteiger partial charge in [0.1, 0.15) is 17.6 Å². The third-order valence-corrected chi connectivity index (χ3v) is 6.58. The molecule has 2 N–H and O–H groups in total. The minimum Gasteiger partial charge on any atom is -0.460 e. The summed E-state index contributed by atoms with van der Waals surface area (Å²) >= 11 is 15.7. The number of carbonyl (C=O) groups is 3. The van der Waals surface area contributed by atoms with Crippen LogP contribution >= 0.6 is 39.1 Å². The van der Waals surface area contributed by atoms with E-state index in [1.165, 1.54) is 13.2 Å². The van der Waals surface area contributed by atoms with Crippen molar-refractivity contribution in [2.45, 2.75) is 20.3 Å². The van der Waals surface area contributed by atoms with Crippen molar-refractivity contribution in [3.63, 3.8) is 0 Å². The Hall–Kier alpha value is -3.19. The summed E-state index contributed by atoms with van der Waals surface area (Å²) in [5.74, 6) is -0.772. The van der Waals surface area contributed by atoms with Crippen LogP contribution < -0.4 is 15.5 Å². The third-order valence-electron chi connectivity index (χ3n) is 4.90. The molecule has 3 aromatic rings. The first kappa shape index (κ1) is 28.4. The topological polar surface area (TPSA) is 128 Å². The second-order valence-electron chi connectivity index (χ2n) is 7.67. The molecule has 2 heterocycles. The second kappa shape index (κ2) is 12.9. The number of anilines is 2. The normalized spacial score (nSPS) is 10.6. The Kier molecular flexibility index (Phi) is 9.86. The number of pyridine rings is 1.